The average Bonchev–Trinajstić information content (AvgIpc) is 2.78. The van der Waals surface area contributed by atoms with Gasteiger partial charge in [-0.2, -0.15) is 0 Å². The normalized spacial score (nSPS) is 22.9. The van der Waals surface area contributed by atoms with Gasteiger partial charge in [0.25, 0.3) is 0 Å². The highest BCUT2D eigenvalue weighted by molar-refractivity contribution is 5.72. The number of hydrogen-bond donors (Lipinski definition) is 1. The molecule has 0 aliphatic carbocycles. The molecular formula is C12H13NO2. The van der Waals surface area contributed by atoms with Gasteiger partial charge in [-0.25, -0.2) is 0 Å². The van der Waals surface area contributed by atoms with Crippen molar-refractivity contribution in [3.63, 3.8) is 0 Å². The van der Waals surface area contributed by atoms with Gasteiger partial charge in [0.2, 0.25) is 0 Å². The Balaban J connectivity index is 2.15. The summed E-state index contributed by atoms with van der Waals surface area (Å²) in [6.07, 6.45) is 0.801. The fraction of sp³-hybridized carbons (Fsp3) is 0.250. The third-order valence-corrected chi connectivity index (χ3v) is 2.44. The van der Waals surface area contributed by atoms with Gasteiger partial charge >= 0.3 is 0 Å². The van der Waals surface area contributed by atoms with Gasteiger partial charge in [0.05, 0.1) is 6.04 Å². The van der Waals surface area contributed by atoms with Crippen LogP contribution in [-0.4, -0.2) is 12.9 Å². The fourth-order valence-electron chi connectivity index (χ4n) is 1.55. The lowest BCUT2D eigenvalue weighted by Crippen LogP contribution is -2.14. The minimum absolute atomic E-state index is 0.149. The molecule has 0 bridgehead atoms. The van der Waals surface area contributed by atoms with Crippen LogP contribution in [0.5, 0.6) is 0 Å². The number of allylic oxidation sites excluding steroid dienone is 1. The SMILES string of the molecule is C/C(C=O)=C1/N[C@@H](c2ccccc2)CO1. The molecule has 0 saturated carbocycles. The van der Waals surface area contributed by atoms with Crippen molar-refractivity contribution in [3.8, 4) is 0 Å². The molecule has 0 unspecified atom stereocenters. The Kier molecular flexibility index (Phi) is 2.72. The first-order chi connectivity index (χ1) is 7.31. The maximum Gasteiger partial charge on any atom is 0.193 e. The van der Waals surface area contributed by atoms with Crippen molar-refractivity contribution in [1.29, 1.82) is 0 Å². The lowest BCUT2D eigenvalue weighted by Gasteiger charge is -2.07. The van der Waals surface area contributed by atoms with Crippen molar-refractivity contribution in [3.05, 3.63) is 47.4 Å². The first-order valence-electron chi connectivity index (χ1n) is 4.91. The molecule has 15 heavy (non-hydrogen) atoms. The Hall–Kier alpha value is -1.77. The fourth-order valence-corrected chi connectivity index (χ4v) is 1.55. The van der Waals surface area contributed by atoms with Crippen LogP contribution in [0.1, 0.15) is 18.5 Å². The largest absolute Gasteiger partial charge is 0.476 e. The number of carbonyl (C=O) groups is 1. The molecule has 0 spiro atoms. The number of benzene rings is 1. The molecule has 1 heterocycles. The Morgan fingerprint density at radius 1 is 1.47 bits per heavy atom. The van der Waals surface area contributed by atoms with E-state index >= 15 is 0 Å². The highest BCUT2D eigenvalue weighted by Gasteiger charge is 2.22. The van der Waals surface area contributed by atoms with E-state index in [1.54, 1.807) is 6.92 Å². The van der Waals surface area contributed by atoms with Gasteiger partial charge in [-0.1, -0.05) is 30.3 Å². The zero-order valence-corrected chi connectivity index (χ0v) is 8.57. The lowest BCUT2D eigenvalue weighted by atomic mass is 10.1. The van der Waals surface area contributed by atoms with Crippen LogP contribution in [0.15, 0.2) is 41.8 Å². The van der Waals surface area contributed by atoms with Gasteiger partial charge in [0.15, 0.2) is 12.2 Å². The summed E-state index contributed by atoms with van der Waals surface area (Å²) in [5, 5.41) is 3.18. The number of aldehydes is 1. The summed E-state index contributed by atoms with van der Waals surface area (Å²) in [4.78, 5) is 10.6. The maximum absolute atomic E-state index is 10.6. The van der Waals surface area contributed by atoms with Crippen molar-refractivity contribution in [2.45, 2.75) is 13.0 Å². The molecule has 78 valence electrons. The summed E-state index contributed by atoms with van der Waals surface area (Å²) in [7, 11) is 0. The van der Waals surface area contributed by atoms with E-state index < -0.39 is 0 Å². The van der Waals surface area contributed by atoms with E-state index in [2.05, 4.69) is 5.32 Å². The topological polar surface area (TPSA) is 38.3 Å². The highest BCUT2D eigenvalue weighted by atomic mass is 16.5. The first-order valence-corrected chi connectivity index (χ1v) is 4.91. The highest BCUT2D eigenvalue weighted by Crippen LogP contribution is 2.22. The summed E-state index contributed by atoms with van der Waals surface area (Å²) in [6, 6.07) is 10.2. The Morgan fingerprint density at radius 3 is 2.87 bits per heavy atom. The standard InChI is InChI=1S/C12H13NO2/c1-9(7-14)12-13-11(8-15-12)10-5-3-2-4-6-10/h2-7,11,13H,8H2,1H3/b12-9+/t11-/m1/s1. The molecule has 0 amide bonds. The molecule has 1 fully saturated rings. The summed E-state index contributed by atoms with van der Waals surface area (Å²) in [5.74, 6) is 0.596. The molecule has 2 rings (SSSR count). The second-order valence-electron chi connectivity index (χ2n) is 3.55. The van der Waals surface area contributed by atoms with E-state index in [4.69, 9.17) is 4.74 Å². The van der Waals surface area contributed by atoms with E-state index in [-0.39, 0.29) is 6.04 Å². The van der Waals surface area contributed by atoms with Crippen molar-refractivity contribution >= 4 is 6.29 Å². The maximum atomic E-state index is 10.6. The first kappa shape index (κ1) is 9.77. The van der Waals surface area contributed by atoms with Gasteiger partial charge in [-0.05, 0) is 12.5 Å². The number of ether oxygens (including phenoxy) is 1. The number of nitrogens with one attached hydrogen (secondary N) is 1. The quantitative estimate of drug-likeness (QED) is 0.588. The van der Waals surface area contributed by atoms with Crippen LogP contribution in [0.4, 0.5) is 0 Å². The van der Waals surface area contributed by atoms with Crippen molar-refractivity contribution < 1.29 is 9.53 Å². The van der Waals surface area contributed by atoms with E-state index in [1.807, 2.05) is 30.3 Å². The van der Waals surface area contributed by atoms with E-state index in [1.165, 1.54) is 5.56 Å². The van der Waals surface area contributed by atoms with E-state index in [0.29, 0.717) is 18.1 Å². The van der Waals surface area contributed by atoms with Crippen LogP contribution < -0.4 is 5.32 Å². The third-order valence-electron chi connectivity index (χ3n) is 2.44. The van der Waals surface area contributed by atoms with Crippen LogP contribution in [0, 0.1) is 0 Å². The van der Waals surface area contributed by atoms with Crippen molar-refractivity contribution in [2.75, 3.05) is 6.61 Å². The molecule has 1 atom stereocenters. The summed E-state index contributed by atoms with van der Waals surface area (Å²) in [6.45, 7) is 2.31. The van der Waals surface area contributed by atoms with Gasteiger partial charge in [0, 0.05) is 5.57 Å². The van der Waals surface area contributed by atoms with Crippen LogP contribution >= 0.6 is 0 Å². The average molecular weight is 203 g/mol. The number of hydrogen-bond acceptors (Lipinski definition) is 3. The summed E-state index contributed by atoms with van der Waals surface area (Å²) < 4.78 is 5.41. The van der Waals surface area contributed by atoms with E-state index in [0.717, 1.165) is 6.29 Å². The Labute approximate surface area is 88.8 Å². The predicted molar refractivity (Wildman–Crippen MR) is 57.0 cm³/mol. The zero-order chi connectivity index (χ0) is 10.7. The van der Waals surface area contributed by atoms with Gasteiger partial charge < -0.3 is 10.1 Å². The van der Waals surface area contributed by atoms with Crippen LogP contribution in [0.3, 0.4) is 0 Å². The van der Waals surface area contributed by atoms with Crippen LogP contribution in [-0.2, 0) is 9.53 Å². The minimum atomic E-state index is 0.149. The number of rotatable bonds is 2. The number of carbonyl (C=O) groups excluding carboxylic acids is 1. The zero-order valence-electron chi connectivity index (χ0n) is 8.57. The molecule has 0 radical (unpaired) electrons. The molecule has 0 aromatic heterocycles. The van der Waals surface area contributed by atoms with Crippen molar-refractivity contribution in [2.24, 2.45) is 0 Å². The predicted octanol–water partition coefficient (Wildman–Crippen LogP) is 1.78. The molecule has 1 aromatic carbocycles. The molecule has 1 N–H and O–H groups in total. The van der Waals surface area contributed by atoms with Crippen molar-refractivity contribution in [1.82, 2.24) is 5.32 Å². The van der Waals surface area contributed by atoms with Gasteiger partial charge in [0.1, 0.15) is 6.61 Å². The molecule has 3 heteroatoms. The molecule has 1 aliphatic rings. The van der Waals surface area contributed by atoms with Crippen LogP contribution in [0.25, 0.3) is 0 Å². The molecular weight excluding hydrogens is 190 g/mol. The second kappa shape index (κ2) is 4.17. The van der Waals surface area contributed by atoms with Gasteiger partial charge in [-0.3, -0.25) is 4.79 Å². The summed E-state index contributed by atoms with van der Waals surface area (Å²) in [5.41, 5.74) is 1.78. The minimum Gasteiger partial charge on any atom is -0.476 e. The molecule has 1 aliphatic heterocycles. The third kappa shape index (κ3) is 2.01. The monoisotopic (exact) mass is 203 g/mol. The van der Waals surface area contributed by atoms with E-state index in [9.17, 15) is 4.79 Å². The Bertz CT molecular complexity index is 384. The molecule has 3 nitrogen and oxygen atoms in total. The van der Waals surface area contributed by atoms with Gasteiger partial charge in [-0.15, -0.1) is 0 Å². The molecule has 1 aromatic rings. The lowest BCUT2D eigenvalue weighted by molar-refractivity contribution is -0.105. The smallest absolute Gasteiger partial charge is 0.193 e. The van der Waals surface area contributed by atoms with Crippen LogP contribution in [0.2, 0.25) is 0 Å². The Morgan fingerprint density at radius 2 is 2.20 bits per heavy atom. The summed E-state index contributed by atoms with van der Waals surface area (Å²) >= 11 is 0. The molecule has 1 saturated heterocycles. The second-order valence-corrected chi connectivity index (χ2v) is 3.55.